The van der Waals surface area contributed by atoms with Crippen molar-refractivity contribution in [2.45, 2.75) is 39.2 Å². The molecule has 0 aliphatic rings. The van der Waals surface area contributed by atoms with E-state index in [9.17, 15) is 0 Å². The van der Waals surface area contributed by atoms with Crippen molar-refractivity contribution in [3.05, 3.63) is 52.8 Å². The zero-order valence-corrected chi connectivity index (χ0v) is 15.8. The van der Waals surface area contributed by atoms with Gasteiger partial charge >= 0.3 is 0 Å². The minimum absolute atomic E-state index is 0.0272. The first-order chi connectivity index (χ1) is 11.6. The number of halogens is 1. The second kappa shape index (κ2) is 10.6. The van der Waals surface area contributed by atoms with E-state index in [0.717, 1.165) is 11.0 Å². The molecule has 0 bridgehead atoms. The molecule has 24 heavy (non-hydrogen) atoms. The van der Waals surface area contributed by atoms with E-state index >= 15 is 0 Å². The summed E-state index contributed by atoms with van der Waals surface area (Å²) in [5.41, 5.74) is 1.17. The summed E-state index contributed by atoms with van der Waals surface area (Å²) in [5.74, 6) is 0. The highest BCUT2D eigenvalue weighted by Crippen LogP contribution is 2.08. The number of ether oxygens (including phenoxy) is 3. The fourth-order valence-corrected chi connectivity index (χ4v) is 2.41. The van der Waals surface area contributed by atoms with Crippen LogP contribution in [-0.2, 0) is 27.4 Å². The van der Waals surface area contributed by atoms with Gasteiger partial charge in [-0.25, -0.2) is 0 Å². The first kappa shape index (κ1) is 19.1. The molecule has 5 nitrogen and oxygen atoms in total. The smallest absolute Gasteiger partial charge is 0.0810 e. The van der Waals surface area contributed by atoms with Crippen LogP contribution in [0.5, 0.6) is 0 Å². The number of nitrogens with zero attached hydrogens (tertiary/aromatic N) is 2. The molecule has 132 valence electrons. The minimum Gasteiger partial charge on any atom is -0.377 e. The van der Waals surface area contributed by atoms with Gasteiger partial charge in [0.2, 0.25) is 0 Å². The van der Waals surface area contributed by atoms with Crippen LogP contribution in [0.15, 0.2) is 47.2 Å². The minimum atomic E-state index is 0.0272. The molecule has 1 heterocycles. The zero-order chi connectivity index (χ0) is 17.2. The molecule has 0 saturated carbocycles. The average molecular weight is 397 g/mol. The SMILES string of the molecule is CC(OCCOCCn1cc(Br)cn1)C(C)OCc1ccccc1. The molecule has 0 amide bonds. The third-order valence-corrected chi connectivity index (χ3v) is 4.10. The van der Waals surface area contributed by atoms with Crippen LogP contribution in [-0.4, -0.2) is 41.8 Å². The van der Waals surface area contributed by atoms with Crippen molar-refractivity contribution < 1.29 is 14.2 Å². The van der Waals surface area contributed by atoms with Crippen LogP contribution in [0, 0.1) is 0 Å². The predicted octanol–water partition coefficient (Wildman–Crippen LogP) is 3.67. The van der Waals surface area contributed by atoms with Gasteiger partial charge in [-0.15, -0.1) is 0 Å². The van der Waals surface area contributed by atoms with Gasteiger partial charge in [0.15, 0.2) is 0 Å². The molecule has 0 N–H and O–H groups in total. The maximum absolute atomic E-state index is 5.85. The number of hydrogen-bond acceptors (Lipinski definition) is 4. The Balaban J connectivity index is 1.51. The van der Waals surface area contributed by atoms with E-state index in [2.05, 4.69) is 33.2 Å². The van der Waals surface area contributed by atoms with Crippen molar-refractivity contribution in [2.75, 3.05) is 19.8 Å². The monoisotopic (exact) mass is 396 g/mol. The molecule has 0 saturated heterocycles. The molecule has 2 rings (SSSR count). The summed E-state index contributed by atoms with van der Waals surface area (Å²) < 4.78 is 20.0. The largest absolute Gasteiger partial charge is 0.377 e. The topological polar surface area (TPSA) is 45.5 Å². The van der Waals surface area contributed by atoms with E-state index in [1.807, 2.05) is 42.9 Å². The normalized spacial score (nSPS) is 13.8. The molecule has 2 aromatic rings. The van der Waals surface area contributed by atoms with Gasteiger partial charge in [-0.1, -0.05) is 30.3 Å². The molecule has 0 aliphatic heterocycles. The van der Waals surface area contributed by atoms with Gasteiger partial charge in [0.25, 0.3) is 0 Å². The fraction of sp³-hybridized carbons (Fsp3) is 0.500. The average Bonchev–Trinajstić information content (AvgIpc) is 3.01. The van der Waals surface area contributed by atoms with Crippen LogP contribution in [0.3, 0.4) is 0 Å². The molecule has 2 atom stereocenters. The van der Waals surface area contributed by atoms with Gasteiger partial charge in [-0.05, 0) is 35.3 Å². The summed E-state index contributed by atoms with van der Waals surface area (Å²) in [6.07, 6.45) is 3.75. The van der Waals surface area contributed by atoms with Crippen LogP contribution in [0.25, 0.3) is 0 Å². The van der Waals surface area contributed by atoms with Crippen molar-refractivity contribution in [2.24, 2.45) is 0 Å². The molecule has 0 aliphatic carbocycles. The van der Waals surface area contributed by atoms with Crippen LogP contribution in [0.4, 0.5) is 0 Å². The molecular formula is C18H25BrN2O3. The van der Waals surface area contributed by atoms with Crippen LogP contribution in [0.2, 0.25) is 0 Å². The Bertz CT molecular complexity index is 577. The molecule has 0 spiro atoms. The van der Waals surface area contributed by atoms with Gasteiger partial charge in [0.05, 0.1) is 55.8 Å². The van der Waals surface area contributed by atoms with Gasteiger partial charge < -0.3 is 14.2 Å². The van der Waals surface area contributed by atoms with E-state index in [-0.39, 0.29) is 12.2 Å². The van der Waals surface area contributed by atoms with Gasteiger partial charge in [0.1, 0.15) is 0 Å². The van der Waals surface area contributed by atoms with Crippen LogP contribution in [0.1, 0.15) is 19.4 Å². The molecular weight excluding hydrogens is 372 g/mol. The maximum atomic E-state index is 5.85. The molecule has 0 fully saturated rings. The number of hydrogen-bond donors (Lipinski definition) is 0. The number of rotatable bonds is 11. The lowest BCUT2D eigenvalue weighted by Crippen LogP contribution is -2.27. The van der Waals surface area contributed by atoms with E-state index in [0.29, 0.717) is 26.4 Å². The van der Waals surface area contributed by atoms with Gasteiger partial charge in [-0.3, -0.25) is 4.68 Å². The lowest BCUT2D eigenvalue weighted by atomic mass is 10.2. The van der Waals surface area contributed by atoms with Gasteiger partial charge in [0, 0.05) is 6.20 Å². The van der Waals surface area contributed by atoms with Crippen molar-refractivity contribution in [1.82, 2.24) is 9.78 Å². The van der Waals surface area contributed by atoms with Crippen LogP contribution < -0.4 is 0 Å². The predicted molar refractivity (Wildman–Crippen MR) is 96.9 cm³/mol. The lowest BCUT2D eigenvalue weighted by molar-refractivity contribution is -0.0748. The highest BCUT2D eigenvalue weighted by molar-refractivity contribution is 9.10. The lowest BCUT2D eigenvalue weighted by Gasteiger charge is -2.21. The van der Waals surface area contributed by atoms with Crippen molar-refractivity contribution in [3.8, 4) is 0 Å². The first-order valence-electron chi connectivity index (χ1n) is 8.18. The summed E-state index contributed by atoms with van der Waals surface area (Å²) in [5, 5.41) is 4.17. The van der Waals surface area contributed by atoms with Gasteiger partial charge in [-0.2, -0.15) is 5.10 Å². The Labute approximate surface area is 152 Å². The highest BCUT2D eigenvalue weighted by Gasteiger charge is 2.13. The third-order valence-electron chi connectivity index (χ3n) is 3.69. The van der Waals surface area contributed by atoms with Crippen molar-refractivity contribution in [3.63, 3.8) is 0 Å². The van der Waals surface area contributed by atoms with E-state index in [4.69, 9.17) is 14.2 Å². The summed E-state index contributed by atoms with van der Waals surface area (Å²) in [7, 11) is 0. The quantitative estimate of drug-likeness (QED) is 0.543. The molecule has 0 radical (unpaired) electrons. The molecule has 2 unspecified atom stereocenters. The summed E-state index contributed by atoms with van der Waals surface area (Å²) in [6, 6.07) is 10.2. The summed E-state index contributed by atoms with van der Waals surface area (Å²) in [6.45, 7) is 7.14. The zero-order valence-electron chi connectivity index (χ0n) is 14.2. The molecule has 1 aromatic carbocycles. The second-order valence-corrected chi connectivity index (χ2v) is 6.53. The van der Waals surface area contributed by atoms with Crippen LogP contribution >= 0.6 is 15.9 Å². The van der Waals surface area contributed by atoms with E-state index in [1.54, 1.807) is 6.20 Å². The van der Waals surface area contributed by atoms with Crippen molar-refractivity contribution in [1.29, 1.82) is 0 Å². The Kier molecular flexibility index (Phi) is 8.45. The van der Waals surface area contributed by atoms with Crippen molar-refractivity contribution >= 4 is 15.9 Å². The summed E-state index contributed by atoms with van der Waals surface area (Å²) >= 11 is 3.37. The first-order valence-corrected chi connectivity index (χ1v) is 8.97. The fourth-order valence-electron chi connectivity index (χ4n) is 2.09. The van der Waals surface area contributed by atoms with E-state index < -0.39 is 0 Å². The number of aromatic nitrogens is 2. The Morgan fingerprint density at radius 2 is 1.79 bits per heavy atom. The van der Waals surface area contributed by atoms with E-state index in [1.165, 1.54) is 5.56 Å². The standard InChI is InChI=1S/C18H25BrN2O3/c1-15(16(2)24-14-17-6-4-3-5-7-17)23-11-10-22-9-8-21-13-18(19)12-20-21/h3-7,12-13,15-16H,8-11,14H2,1-2H3. The maximum Gasteiger partial charge on any atom is 0.0810 e. The summed E-state index contributed by atoms with van der Waals surface area (Å²) in [4.78, 5) is 0. The highest BCUT2D eigenvalue weighted by atomic mass is 79.9. The molecule has 6 heteroatoms. The second-order valence-electron chi connectivity index (χ2n) is 5.61. The number of benzene rings is 1. The Hall–Kier alpha value is -1.21. The Morgan fingerprint density at radius 1 is 1.04 bits per heavy atom. The molecule has 1 aromatic heterocycles. The third kappa shape index (κ3) is 7.13. The Morgan fingerprint density at radius 3 is 2.50 bits per heavy atom.